The van der Waals surface area contributed by atoms with Gasteiger partial charge < -0.3 is 4.74 Å². The maximum absolute atomic E-state index is 13.7. The molecule has 0 amide bonds. The van der Waals surface area contributed by atoms with Gasteiger partial charge in [-0.1, -0.05) is 18.2 Å². The standard InChI is InChI=1S/C16H16F3NO3S/c1-11-5-3-4-6-13(11)23-10-9-20(2)24(21,22)14-8-7-12(17)15(18)16(14)19/h3-8H,9-10H2,1-2H3. The van der Waals surface area contributed by atoms with Gasteiger partial charge in [0.2, 0.25) is 10.0 Å². The number of para-hydroxylation sites is 1. The molecule has 0 heterocycles. The topological polar surface area (TPSA) is 46.6 Å². The Hall–Kier alpha value is -2.06. The van der Waals surface area contributed by atoms with E-state index < -0.39 is 32.4 Å². The highest BCUT2D eigenvalue weighted by Crippen LogP contribution is 2.22. The van der Waals surface area contributed by atoms with Crippen molar-refractivity contribution in [3.63, 3.8) is 0 Å². The summed E-state index contributed by atoms with van der Waals surface area (Å²) in [6.07, 6.45) is 0. The molecule has 0 spiro atoms. The molecule has 4 nitrogen and oxygen atoms in total. The Morgan fingerprint density at radius 2 is 1.71 bits per heavy atom. The van der Waals surface area contributed by atoms with Crippen molar-refractivity contribution in [3.8, 4) is 5.75 Å². The van der Waals surface area contributed by atoms with E-state index in [2.05, 4.69) is 0 Å². The summed E-state index contributed by atoms with van der Waals surface area (Å²) in [7, 11) is -3.10. The molecule has 2 aromatic carbocycles. The minimum atomic E-state index is -4.30. The van der Waals surface area contributed by atoms with Crippen molar-refractivity contribution in [1.82, 2.24) is 4.31 Å². The molecule has 0 aliphatic rings. The molecule has 130 valence electrons. The summed E-state index contributed by atoms with van der Waals surface area (Å²) in [5, 5.41) is 0. The zero-order chi connectivity index (χ0) is 17.9. The molecule has 0 N–H and O–H groups in total. The van der Waals surface area contributed by atoms with Crippen molar-refractivity contribution >= 4 is 10.0 Å². The van der Waals surface area contributed by atoms with Gasteiger partial charge in [0.05, 0.1) is 0 Å². The van der Waals surface area contributed by atoms with Crippen LogP contribution in [0.2, 0.25) is 0 Å². The Labute approximate surface area is 138 Å². The summed E-state index contributed by atoms with van der Waals surface area (Å²) in [6.45, 7) is 1.77. The van der Waals surface area contributed by atoms with Crippen LogP contribution in [0.1, 0.15) is 5.56 Å². The van der Waals surface area contributed by atoms with Crippen LogP contribution in [0.4, 0.5) is 13.2 Å². The molecule has 0 unspecified atom stereocenters. The van der Waals surface area contributed by atoms with E-state index in [1.165, 1.54) is 7.05 Å². The first kappa shape index (κ1) is 18.3. The number of sulfonamides is 1. The Morgan fingerprint density at radius 1 is 1.04 bits per heavy atom. The third kappa shape index (κ3) is 3.70. The summed E-state index contributed by atoms with van der Waals surface area (Å²) in [5.74, 6) is -4.40. The zero-order valence-corrected chi connectivity index (χ0v) is 13.9. The van der Waals surface area contributed by atoms with Gasteiger partial charge in [0.1, 0.15) is 17.3 Å². The van der Waals surface area contributed by atoms with Gasteiger partial charge in [-0.2, -0.15) is 4.31 Å². The monoisotopic (exact) mass is 359 g/mol. The van der Waals surface area contributed by atoms with Gasteiger partial charge >= 0.3 is 0 Å². The average Bonchev–Trinajstić information content (AvgIpc) is 2.54. The Kier molecular flexibility index (Phi) is 5.51. The molecule has 0 aliphatic carbocycles. The van der Waals surface area contributed by atoms with Crippen molar-refractivity contribution < 1.29 is 26.3 Å². The highest BCUT2D eigenvalue weighted by Gasteiger charge is 2.27. The lowest BCUT2D eigenvalue weighted by atomic mass is 10.2. The van der Waals surface area contributed by atoms with Gasteiger partial charge in [-0.15, -0.1) is 0 Å². The first-order chi connectivity index (χ1) is 11.2. The van der Waals surface area contributed by atoms with Crippen LogP contribution >= 0.6 is 0 Å². The molecule has 8 heteroatoms. The number of halogens is 3. The van der Waals surface area contributed by atoms with E-state index in [4.69, 9.17) is 4.74 Å². The van der Waals surface area contributed by atoms with Gasteiger partial charge in [0.15, 0.2) is 17.5 Å². The van der Waals surface area contributed by atoms with E-state index in [0.29, 0.717) is 17.9 Å². The Bertz CT molecular complexity index is 840. The quantitative estimate of drug-likeness (QED) is 0.745. The highest BCUT2D eigenvalue weighted by atomic mass is 32.2. The number of hydrogen-bond acceptors (Lipinski definition) is 3. The minimum absolute atomic E-state index is 0.0197. The number of likely N-dealkylation sites (N-methyl/N-ethyl adjacent to an activating group) is 1. The number of ether oxygens (including phenoxy) is 1. The lowest BCUT2D eigenvalue weighted by molar-refractivity contribution is 0.285. The molecule has 0 aromatic heterocycles. The molecule has 0 saturated carbocycles. The fourth-order valence-electron chi connectivity index (χ4n) is 2.00. The van der Waals surface area contributed by atoms with E-state index in [-0.39, 0.29) is 13.2 Å². The van der Waals surface area contributed by atoms with E-state index in [9.17, 15) is 21.6 Å². The molecule has 24 heavy (non-hydrogen) atoms. The molecule has 2 rings (SSSR count). The third-order valence-electron chi connectivity index (χ3n) is 3.45. The van der Waals surface area contributed by atoms with E-state index in [1.807, 2.05) is 19.1 Å². The van der Waals surface area contributed by atoms with Crippen LogP contribution in [0.25, 0.3) is 0 Å². The van der Waals surface area contributed by atoms with Crippen LogP contribution in [-0.4, -0.2) is 32.9 Å². The summed E-state index contributed by atoms with van der Waals surface area (Å²) in [5.41, 5.74) is 0.884. The van der Waals surface area contributed by atoms with Crippen molar-refractivity contribution in [2.45, 2.75) is 11.8 Å². The van der Waals surface area contributed by atoms with Gasteiger partial charge in [-0.05, 0) is 30.7 Å². The molecule has 0 saturated heterocycles. The number of aryl methyl sites for hydroxylation is 1. The van der Waals surface area contributed by atoms with Crippen LogP contribution in [-0.2, 0) is 10.0 Å². The van der Waals surface area contributed by atoms with Crippen LogP contribution in [0.3, 0.4) is 0 Å². The zero-order valence-electron chi connectivity index (χ0n) is 13.1. The summed E-state index contributed by atoms with van der Waals surface area (Å²) in [4.78, 5) is -0.917. The molecule has 2 aromatic rings. The smallest absolute Gasteiger partial charge is 0.245 e. The van der Waals surface area contributed by atoms with Crippen LogP contribution in [0, 0.1) is 24.4 Å². The normalized spacial score (nSPS) is 11.8. The summed E-state index contributed by atoms with van der Waals surface area (Å²) < 4.78 is 70.7. The molecule has 0 atom stereocenters. The first-order valence-electron chi connectivity index (χ1n) is 7.03. The van der Waals surface area contributed by atoms with Crippen LogP contribution in [0.5, 0.6) is 5.75 Å². The average molecular weight is 359 g/mol. The maximum Gasteiger partial charge on any atom is 0.245 e. The number of nitrogens with zero attached hydrogens (tertiary/aromatic N) is 1. The lowest BCUT2D eigenvalue weighted by Gasteiger charge is -2.18. The van der Waals surface area contributed by atoms with Crippen LogP contribution in [0.15, 0.2) is 41.3 Å². The summed E-state index contributed by atoms with van der Waals surface area (Å²) >= 11 is 0. The predicted octanol–water partition coefficient (Wildman–Crippen LogP) is 3.11. The van der Waals surface area contributed by atoms with Gasteiger partial charge in [-0.25, -0.2) is 21.6 Å². The first-order valence-corrected chi connectivity index (χ1v) is 8.47. The second-order valence-electron chi connectivity index (χ2n) is 5.11. The molecular weight excluding hydrogens is 343 g/mol. The van der Waals surface area contributed by atoms with Gasteiger partial charge in [-0.3, -0.25) is 0 Å². The Balaban J connectivity index is 2.10. The van der Waals surface area contributed by atoms with Crippen molar-refractivity contribution in [2.75, 3.05) is 20.2 Å². The van der Waals surface area contributed by atoms with Crippen molar-refractivity contribution in [3.05, 3.63) is 59.4 Å². The molecule has 0 bridgehead atoms. The number of benzene rings is 2. The predicted molar refractivity (Wildman–Crippen MR) is 82.8 cm³/mol. The Morgan fingerprint density at radius 3 is 2.38 bits per heavy atom. The fraction of sp³-hybridized carbons (Fsp3) is 0.250. The maximum atomic E-state index is 13.7. The number of hydrogen-bond donors (Lipinski definition) is 0. The summed E-state index contributed by atoms with van der Waals surface area (Å²) in [6, 6.07) is 8.46. The van der Waals surface area contributed by atoms with E-state index >= 15 is 0 Å². The molecule has 0 radical (unpaired) electrons. The highest BCUT2D eigenvalue weighted by molar-refractivity contribution is 7.89. The largest absolute Gasteiger partial charge is 0.492 e. The fourth-order valence-corrected chi connectivity index (χ4v) is 3.20. The minimum Gasteiger partial charge on any atom is -0.492 e. The van der Waals surface area contributed by atoms with Crippen molar-refractivity contribution in [2.24, 2.45) is 0 Å². The van der Waals surface area contributed by atoms with Crippen LogP contribution < -0.4 is 4.74 Å². The third-order valence-corrected chi connectivity index (χ3v) is 5.32. The second-order valence-corrected chi connectivity index (χ2v) is 7.13. The molecule has 0 aliphatic heterocycles. The lowest BCUT2D eigenvalue weighted by Crippen LogP contribution is -2.31. The van der Waals surface area contributed by atoms with Gasteiger partial charge in [0, 0.05) is 13.6 Å². The molecular formula is C16H16F3NO3S. The molecule has 0 fully saturated rings. The van der Waals surface area contributed by atoms with E-state index in [0.717, 1.165) is 9.87 Å². The van der Waals surface area contributed by atoms with Gasteiger partial charge in [0.25, 0.3) is 0 Å². The van der Waals surface area contributed by atoms with Crippen molar-refractivity contribution in [1.29, 1.82) is 0 Å². The second kappa shape index (κ2) is 7.23. The number of rotatable bonds is 6. The SMILES string of the molecule is Cc1ccccc1OCCN(C)S(=O)(=O)c1ccc(F)c(F)c1F. The van der Waals surface area contributed by atoms with E-state index in [1.54, 1.807) is 12.1 Å².